The third-order valence-electron chi connectivity index (χ3n) is 4.46. The van der Waals surface area contributed by atoms with Crippen molar-refractivity contribution in [1.82, 2.24) is 0 Å². The average Bonchev–Trinajstić information content (AvgIpc) is 2.88. The van der Waals surface area contributed by atoms with Gasteiger partial charge >= 0.3 is 0 Å². The minimum Gasteiger partial charge on any atom is -0.496 e. The summed E-state index contributed by atoms with van der Waals surface area (Å²) in [6, 6.07) is 12.9. The van der Waals surface area contributed by atoms with Crippen molar-refractivity contribution in [1.29, 1.82) is 0 Å². The van der Waals surface area contributed by atoms with Crippen molar-refractivity contribution >= 4 is 34.8 Å². The average molecular weight is 367 g/mol. The fraction of sp³-hybridized carbons (Fsp3) is 0.238. The molecule has 0 radical (unpaired) electrons. The summed E-state index contributed by atoms with van der Waals surface area (Å²) in [6.07, 6.45) is 0. The van der Waals surface area contributed by atoms with Gasteiger partial charge in [-0.15, -0.1) is 11.8 Å². The number of imide groups is 1. The molecule has 2 aromatic carbocycles. The summed E-state index contributed by atoms with van der Waals surface area (Å²) in [4.78, 5) is 28.1. The number of benzene rings is 2. The van der Waals surface area contributed by atoms with Crippen LogP contribution in [0.25, 0.3) is 5.57 Å². The van der Waals surface area contributed by atoms with E-state index >= 15 is 0 Å². The van der Waals surface area contributed by atoms with Gasteiger partial charge in [-0.3, -0.25) is 9.59 Å². The van der Waals surface area contributed by atoms with E-state index in [2.05, 4.69) is 0 Å². The fourth-order valence-corrected chi connectivity index (χ4v) is 3.82. The smallest absolute Gasteiger partial charge is 0.272 e. The summed E-state index contributed by atoms with van der Waals surface area (Å²) < 4.78 is 5.42. The lowest BCUT2D eigenvalue weighted by molar-refractivity contribution is -0.119. The van der Waals surface area contributed by atoms with Crippen LogP contribution in [0.15, 0.2) is 47.4 Å². The Kier molecular flexibility index (Phi) is 5.18. The summed E-state index contributed by atoms with van der Waals surface area (Å²) in [6.45, 7) is 5.94. The van der Waals surface area contributed by atoms with Gasteiger partial charge in [-0.2, -0.15) is 0 Å². The number of para-hydroxylation sites is 1. The molecule has 0 aromatic heterocycles. The Morgan fingerprint density at radius 3 is 2.38 bits per heavy atom. The highest BCUT2D eigenvalue weighted by Gasteiger charge is 2.40. The summed E-state index contributed by atoms with van der Waals surface area (Å²) in [7, 11) is 1.56. The maximum atomic E-state index is 13.2. The van der Waals surface area contributed by atoms with Gasteiger partial charge in [0.1, 0.15) is 5.75 Å². The molecule has 0 saturated heterocycles. The predicted octanol–water partition coefficient (Wildman–Crippen LogP) is 4.35. The molecule has 0 spiro atoms. The van der Waals surface area contributed by atoms with Crippen molar-refractivity contribution in [2.75, 3.05) is 17.8 Å². The molecule has 3 rings (SSSR count). The van der Waals surface area contributed by atoms with Gasteiger partial charge in [0, 0.05) is 5.56 Å². The number of hydrogen-bond donors (Lipinski definition) is 0. The number of nitrogens with zero attached hydrogens (tertiary/aromatic N) is 1. The highest BCUT2D eigenvalue weighted by molar-refractivity contribution is 8.04. The summed E-state index contributed by atoms with van der Waals surface area (Å²) in [5.74, 6) is 0.706. The SMILES string of the molecule is CCSC1=C(c2ccccc2OC)C(=O)N(c2ccc(C)c(C)c2)C1=O. The highest BCUT2D eigenvalue weighted by Crippen LogP contribution is 2.41. The van der Waals surface area contributed by atoms with Crippen LogP contribution < -0.4 is 9.64 Å². The molecule has 26 heavy (non-hydrogen) atoms. The van der Waals surface area contributed by atoms with E-state index in [1.54, 1.807) is 13.2 Å². The van der Waals surface area contributed by atoms with E-state index in [4.69, 9.17) is 4.74 Å². The van der Waals surface area contributed by atoms with Gasteiger partial charge in [0.2, 0.25) is 0 Å². The van der Waals surface area contributed by atoms with E-state index in [1.165, 1.54) is 16.7 Å². The summed E-state index contributed by atoms with van der Waals surface area (Å²) in [5.41, 5.74) is 3.82. The van der Waals surface area contributed by atoms with Gasteiger partial charge in [-0.05, 0) is 48.9 Å². The third kappa shape index (κ3) is 3.03. The Morgan fingerprint density at radius 1 is 1.00 bits per heavy atom. The fourth-order valence-electron chi connectivity index (χ4n) is 2.98. The van der Waals surface area contributed by atoms with Crippen molar-refractivity contribution in [3.05, 3.63) is 64.1 Å². The largest absolute Gasteiger partial charge is 0.496 e. The van der Waals surface area contributed by atoms with Gasteiger partial charge in [-0.25, -0.2) is 4.90 Å². The number of amides is 2. The Labute approximate surface area is 157 Å². The van der Waals surface area contributed by atoms with Crippen LogP contribution in [-0.4, -0.2) is 24.7 Å². The standard InChI is InChI=1S/C21H21NO3S/c1-5-26-19-18(16-8-6-7-9-17(16)25-4)20(23)22(21(19)24)15-11-10-13(2)14(3)12-15/h6-12H,5H2,1-4H3. The van der Waals surface area contributed by atoms with Gasteiger partial charge in [0.05, 0.1) is 23.3 Å². The number of thioether (sulfide) groups is 1. The molecule has 2 aromatic rings. The summed E-state index contributed by atoms with van der Waals surface area (Å²) >= 11 is 1.39. The predicted molar refractivity (Wildman–Crippen MR) is 106 cm³/mol. The van der Waals surface area contributed by atoms with Crippen molar-refractivity contribution in [2.24, 2.45) is 0 Å². The molecule has 0 bridgehead atoms. The van der Waals surface area contributed by atoms with Gasteiger partial charge in [0.25, 0.3) is 11.8 Å². The molecule has 1 aliphatic rings. The second-order valence-corrected chi connectivity index (χ2v) is 7.33. The quantitative estimate of drug-likeness (QED) is 0.737. The van der Waals surface area contributed by atoms with Crippen LogP contribution in [-0.2, 0) is 9.59 Å². The molecule has 0 N–H and O–H groups in total. The van der Waals surface area contributed by atoms with Crippen LogP contribution in [0.2, 0.25) is 0 Å². The van der Waals surface area contributed by atoms with E-state index in [1.807, 2.05) is 57.2 Å². The topological polar surface area (TPSA) is 46.6 Å². The molecule has 0 unspecified atom stereocenters. The number of anilines is 1. The summed E-state index contributed by atoms with van der Waals surface area (Å²) in [5, 5.41) is 0. The van der Waals surface area contributed by atoms with Crippen molar-refractivity contribution < 1.29 is 14.3 Å². The zero-order valence-electron chi connectivity index (χ0n) is 15.3. The van der Waals surface area contributed by atoms with E-state index in [9.17, 15) is 9.59 Å². The van der Waals surface area contributed by atoms with Crippen LogP contribution in [0.3, 0.4) is 0 Å². The van der Waals surface area contributed by atoms with E-state index in [-0.39, 0.29) is 11.8 Å². The number of hydrogen-bond acceptors (Lipinski definition) is 4. The third-order valence-corrected chi connectivity index (χ3v) is 5.41. The first-order valence-electron chi connectivity index (χ1n) is 8.46. The number of methoxy groups -OCH3 is 1. The lowest BCUT2D eigenvalue weighted by atomic mass is 10.0. The molecule has 5 heteroatoms. The Balaban J connectivity index is 2.14. The number of aryl methyl sites for hydroxylation is 2. The van der Waals surface area contributed by atoms with Crippen LogP contribution >= 0.6 is 11.8 Å². The number of rotatable bonds is 5. The van der Waals surface area contributed by atoms with Gasteiger partial charge in [-0.1, -0.05) is 31.2 Å². The molecule has 1 heterocycles. The molecule has 0 aliphatic carbocycles. The first-order chi connectivity index (χ1) is 12.5. The second-order valence-electron chi connectivity index (χ2n) is 6.05. The minimum atomic E-state index is -0.307. The van der Waals surface area contributed by atoms with E-state index in [0.717, 1.165) is 11.1 Å². The Bertz CT molecular complexity index is 917. The molecule has 0 saturated carbocycles. The lowest BCUT2D eigenvalue weighted by Gasteiger charge is -2.17. The Hall–Kier alpha value is -2.53. The molecule has 4 nitrogen and oxygen atoms in total. The molecule has 0 fully saturated rings. The number of carbonyl (C=O) groups is 2. The monoisotopic (exact) mass is 367 g/mol. The highest BCUT2D eigenvalue weighted by atomic mass is 32.2. The Morgan fingerprint density at radius 2 is 1.73 bits per heavy atom. The zero-order chi connectivity index (χ0) is 18.8. The number of carbonyl (C=O) groups excluding carboxylic acids is 2. The normalized spacial score (nSPS) is 14.4. The van der Waals surface area contributed by atoms with Crippen LogP contribution in [0.4, 0.5) is 5.69 Å². The maximum absolute atomic E-state index is 13.2. The lowest BCUT2D eigenvalue weighted by Crippen LogP contribution is -2.31. The molecular weight excluding hydrogens is 346 g/mol. The maximum Gasteiger partial charge on any atom is 0.272 e. The molecule has 134 valence electrons. The van der Waals surface area contributed by atoms with Crippen molar-refractivity contribution in [3.63, 3.8) is 0 Å². The second kappa shape index (κ2) is 7.38. The minimum absolute atomic E-state index is 0.272. The van der Waals surface area contributed by atoms with E-state index < -0.39 is 0 Å². The first-order valence-corrected chi connectivity index (χ1v) is 9.44. The molecule has 1 aliphatic heterocycles. The van der Waals surface area contributed by atoms with Gasteiger partial charge < -0.3 is 4.74 Å². The van der Waals surface area contributed by atoms with Crippen molar-refractivity contribution in [3.8, 4) is 5.75 Å². The van der Waals surface area contributed by atoms with Crippen molar-refractivity contribution in [2.45, 2.75) is 20.8 Å². The van der Waals surface area contributed by atoms with E-state index in [0.29, 0.717) is 33.2 Å². The molecular formula is C21H21NO3S. The van der Waals surface area contributed by atoms with Crippen LogP contribution in [0, 0.1) is 13.8 Å². The zero-order valence-corrected chi connectivity index (χ0v) is 16.1. The van der Waals surface area contributed by atoms with Gasteiger partial charge in [0.15, 0.2) is 0 Å². The van der Waals surface area contributed by atoms with Crippen LogP contribution in [0.1, 0.15) is 23.6 Å². The first kappa shape index (κ1) is 18.3. The molecule has 2 amide bonds. The van der Waals surface area contributed by atoms with Crippen LogP contribution in [0.5, 0.6) is 5.75 Å². The number of ether oxygens (including phenoxy) is 1. The molecule has 0 atom stereocenters.